The minimum absolute atomic E-state index is 0.0601. The molecule has 15 heteroatoms. The maximum absolute atomic E-state index is 15.2. The van der Waals surface area contributed by atoms with Crippen LogP contribution in [0.25, 0.3) is 11.3 Å². The van der Waals surface area contributed by atoms with Crippen LogP contribution in [0.2, 0.25) is 0 Å². The largest absolute Gasteiger partial charge is 0.477 e. The number of rotatable bonds is 6. The summed E-state index contributed by atoms with van der Waals surface area (Å²) in [4.78, 5) is 54.2. The zero-order valence-corrected chi connectivity index (χ0v) is 33.6. The van der Waals surface area contributed by atoms with Crippen molar-refractivity contribution in [2.45, 2.75) is 83.3 Å². The molecule has 2 aromatic carbocycles. The second-order valence-corrected chi connectivity index (χ2v) is 16.8. The molecule has 308 valence electrons. The molecule has 4 aromatic rings. The van der Waals surface area contributed by atoms with Crippen molar-refractivity contribution in [2.24, 2.45) is 18.0 Å². The van der Waals surface area contributed by atoms with E-state index in [2.05, 4.69) is 60.5 Å². The third kappa shape index (κ3) is 7.85. The number of amides is 3. The number of piperidine rings is 3. The Kier molecular flexibility index (Phi) is 10.5. The van der Waals surface area contributed by atoms with Gasteiger partial charge >= 0.3 is 0 Å². The summed E-state index contributed by atoms with van der Waals surface area (Å²) < 4.78 is 38.4. The van der Waals surface area contributed by atoms with E-state index in [1.165, 1.54) is 17.7 Å². The Morgan fingerprint density at radius 2 is 1.68 bits per heavy atom. The number of imide groups is 1. The summed E-state index contributed by atoms with van der Waals surface area (Å²) in [5.74, 6) is -2.50. The highest BCUT2D eigenvalue weighted by atomic mass is 19.1. The van der Waals surface area contributed by atoms with Crippen LogP contribution in [0.5, 0.6) is 5.88 Å². The Morgan fingerprint density at radius 1 is 0.898 bits per heavy atom. The SMILES string of the molecule is Cc1cc2cc(n1)-c1cnn(C)c1OCCC[C@@H](C)CN1/C(=N/C2=O)Nc2ccc(CN3CC4CCC3CN4CCc3cc(F)c([C@H]4CCC(=O)NC4=O)c(F)c3)cc21. The van der Waals surface area contributed by atoms with E-state index in [-0.39, 0.29) is 30.2 Å². The number of aliphatic imine (C=N–C) groups is 1. The smallest absolute Gasteiger partial charge is 0.280 e. The van der Waals surface area contributed by atoms with Crippen LogP contribution in [0.4, 0.5) is 20.2 Å². The van der Waals surface area contributed by atoms with Crippen LogP contribution < -0.4 is 20.3 Å². The summed E-state index contributed by atoms with van der Waals surface area (Å²) in [5, 5.41) is 10.0. The van der Waals surface area contributed by atoms with Gasteiger partial charge in [-0.2, -0.15) is 10.1 Å². The van der Waals surface area contributed by atoms with Gasteiger partial charge in [0.25, 0.3) is 5.91 Å². The number of aryl methyl sites for hydroxylation is 2. The number of nitrogens with zero attached hydrogens (tertiary/aromatic N) is 7. The number of benzene rings is 2. The van der Waals surface area contributed by atoms with Gasteiger partial charge in [-0.05, 0) is 98.9 Å². The van der Waals surface area contributed by atoms with Gasteiger partial charge in [0.15, 0.2) is 0 Å². The van der Waals surface area contributed by atoms with E-state index < -0.39 is 29.4 Å². The second kappa shape index (κ2) is 15.9. The number of aromatic nitrogens is 3. The molecule has 0 spiro atoms. The highest BCUT2D eigenvalue weighted by Crippen LogP contribution is 2.38. The minimum Gasteiger partial charge on any atom is -0.477 e. The van der Waals surface area contributed by atoms with Gasteiger partial charge in [0, 0.05) is 75.1 Å². The number of pyridine rings is 1. The van der Waals surface area contributed by atoms with E-state index in [4.69, 9.17) is 9.72 Å². The predicted molar refractivity (Wildman–Crippen MR) is 218 cm³/mol. The molecule has 6 aliphatic heterocycles. The van der Waals surface area contributed by atoms with Crippen molar-refractivity contribution in [2.75, 3.05) is 43.0 Å². The fourth-order valence-corrected chi connectivity index (χ4v) is 9.51. The van der Waals surface area contributed by atoms with Crippen LogP contribution in [0.1, 0.15) is 84.1 Å². The van der Waals surface area contributed by atoms with Crippen molar-refractivity contribution >= 4 is 35.1 Å². The highest BCUT2D eigenvalue weighted by molar-refractivity contribution is 6.19. The summed E-state index contributed by atoms with van der Waals surface area (Å²) in [6.07, 6.45) is 6.28. The third-order valence-corrected chi connectivity index (χ3v) is 12.6. The summed E-state index contributed by atoms with van der Waals surface area (Å²) in [6, 6.07) is 13.3. The number of carbonyl (C=O) groups is 3. The number of piperazine rings is 1. The van der Waals surface area contributed by atoms with Crippen molar-refractivity contribution in [1.82, 2.24) is 29.9 Å². The summed E-state index contributed by atoms with van der Waals surface area (Å²) in [7, 11) is 1.84. The zero-order valence-electron chi connectivity index (χ0n) is 33.6. The van der Waals surface area contributed by atoms with Crippen LogP contribution in [0.3, 0.4) is 0 Å². The first-order chi connectivity index (χ1) is 28.5. The molecule has 4 atom stereocenters. The summed E-state index contributed by atoms with van der Waals surface area (Å²) in [6.45, 7) is 8.51. The van der Waals surface area contributed by atoms with Crippen molar-refractivity contribution < 1.29 is 27.9 Å². The number of hydrogen-bond donors (Lipinski definition) is 2. The molecule has 4 saturated heterocycles. The Bertz CT molecular complexity index is 2340. The lowest BCUT2D eigenvalue weighted by molar-refractivity contribution is -0.134. The molecular formula is C44H49F2N9O4. The zero-order chi connectivity index (χ0) is 40.9. The van der Waals surface area contributed by atoms with Crippen LogP contribution in [-0.2, 0) is 29.6 Å². The van der Waals surface area contributed by atoms with Crippen molar-refractivity contribution in [3.8, 4) is 17.1 Å². The molecule has 0 radical (unpaired) electrons. The van der Waals surface area contributed by atoms with E-state index in [1.54, 1.807) is 23.0 Å². The number of carbonyl (C=O) groups excluding carboxylic acids is 3. The van der Waals surface area contributed by atoms with Gasteiger partial charge < -0.3 is 15.0 Å². The topological polar surface area (TPSA) is 137 Å². The minimum atomic E-state index is -1.00. The monoisotopic (exact) mass is 805 g/mol. The van der Waals surface area contributed by atoms with Crippen LogP contribution in [0, 0.1) is 24.5 Å². The van der Waals surface area contributed by atoms with Gasteiger partial charge in [0.1, 0.15) is 11.6 Å². The lowest BCUT2D eigenvalue weighted by Crippen LogP contribution is -2.62. The molecule has 2 N–H and O–H groups in total. The Balaban J connectivity index is 0.885. The van der Waals surface area contributed by atoms with Gasteiger partial charge in [-0.15, -0.1) is 0 Å². The number of nitrogens with one attached hydrogen (secondary N) is 2. The maximum atomic E-state index is 15.2. The Labute approximate surface area is 341 Å². The van der Waals surface area contributed by atoms with Gasteiger partial charge in [-0.25, -0.2) is 13.5 Å². The molecule has 0 aliphatic carbocycles. The van der Waals surface area contributed by atoms with E-state index in [0.717, 1.165) is 62.3 Å². The van der Waals surface area contributed by atoms with E-state index in [9.17, 15) is 14.4 Å². The lowest BCUT2D eigenvalue weighted by Gasteiger charge is -2.51. The van der Waals surface area contributed by atoms with Crippen LogP contribution in [0.15, 0.2) is 53.7 Å². The Morgan fingerprint density at radius 3 is 2.44 bits per heavy atom. The van der Waals surface area contributed by atoms with E-state index in [0.29, 0.717) is 72.6 Å². The molecule has 3 amide bonds. The number of ether oxygens (including phenoxy) is 1. The Hall–Kier alpha value is -5.54. The molecule has 2 aromatic heterocycles. The first-order valence-corrected chi connectivity index (χ1v) is 20.7. The fraction of sp³-hybridized carbons (Fsp3) is 0.455. The number of guanidine groups is 1. The standard InChI is InChI=1S/C44H49F2N9O4/c1-25-5-4-14-59-43-33(20-47-52(43)3)37-19-29(15-26(2)48-37)41(57)51-44-49-36-10-6-28(18-38(36)55(44)21-25)22-54-24-30-7-8-31(54)23-53(30)13-12-27-16-34(45)40(35(46)17-27)32-9-11-39(56)50-42(32)58/h6,10,15-20,25,30-32H,4-5,7-9,11-14,21-24H2,1-3H3,(H,49,51,57)(H,50,56,58)/t25-,30?,31?,32-/m1/s1. The van der Waals surface area contributed by atoms with Crippen molar-refractivity contribution in [1.29, 1.82) is 0 Å². The molecular weight excluding hydrogens is 757 g/mol. The quantitative estimate of drug-likeness (QED) is 0.233. The van der Waals surface area contributed by atoms with Crippen molar-refractivity contribution in [3.63, 3.8) is 0 Å². The second-order valence-electron chi connectivity index (χ2n) is 16.8. The molecule has 0 saturated carbocycles. The highest BCUT2D eigenvalue weighted by Gasteiger charge is 2.39. The molecule has 4 fully saturated rings. The molecule has 2 unspecified atom stereocenters. The molecule has 4 bridgehead atoms. The van der Waals surface area contributed by atoms with Crippen molar-refractivity contribution in [3.05, 3.63) is 88.2 Å². The van der Waals surface area contributed by atoms with Gasteiger partial charge in [0.2, 0.25) is 23.7 Å². The molecule has 59 heavy (non-hydrogen) atoms. The summed E-state index contributed by atoms with van der Waals surface area (Å²) >= 11 is 0. The van der Waals surface area contributed by atoms with Crippen LogP contribution in [-0.4, -0.2) is 93.1 Å². The lowest BCUT2D eigenvalue weighted by atomic mass is 9.88. The first kappa shape index (κ1) is 38.9. The van der Waals surface area contributed by atoms with Gasteiger partial charge in [0.05, 0.1) is 41.4 Å². The van der Waals surface area contributed by atoms with Gasteiger partial charge in [-0.1, -0.05) is 13.0 Å². The average Bonchev–Trinajstić information content (AvgIpc) is 3.74. The average molecular weight is 806 g/mol. The normalized spacial score (nSPS) is 24.5. The fourth-order valence-electron chi connectivity index (χ4n) is 9.51. The number of hydrogen-bond acceptors (Lipinski definition) is 10. The van der Waals surface area contributed by atoms with E-state index in [1.807, 2.05) is 14.0 Å². The number of anilines is 2. The number of halogens is 2. The number of fused-ring (bicyclic) bond motifs is 10. The molecule has 6 aliphatic rings. The van der Waals surface area contributed by atoms with Crippen LogP contribution >= 0.6 is 0 Å². The third-order valence-electron chi connectivity index (χ3n) is 12.6. The first-order valence-electron chi connectivity index (χ1n) is 20.7. The summed E-state index contributed by atoms with van der Waals surface area (Å²) in [5.41, 5.74) is 5.87. The molecule has 8 heterocycles. The molecule has 10 rings (SSSR count). The predicted octanol–water partition coefficient (Wildman–Crippen LogP) is 5.72. The molecule has 13 nitrogen and oxygen atoms in total. The van der Waals surface area contributed by atoms with E-state index >= 15 is 8.78 Å². The van der Waals surface area contributed by atoms with Gasteiger partial charge in [-0.3, -0.25) is 34.5 Å². The maximum Gasteiger partial charge on any atom is 0.280 e.